The molecule has 1 atom stereocenters. The second-order valence-corrected chi connectivity index (χ2v) is 12.0. The molecule has 4 rings (SSSR count). The SMILES string of the molecule is CC(=O)NCN(CCCCc1ccc2c(n1)NCCC2)CCC(Nc1ccnc(-c2ccccc2)n1)C(=O)OC(C)(C)C. The highest BCUT2D eigenvalue weighted by Crippen LogP contribution is 2.21. The molecule has 0 spiro atoms. The van der Waals surface area contributed by atoms with E-state index in [-0.39, 0.29) is 11.9 Å². The highest BCUT2D eigenvalue weighted by atomic mass is 16.6. The van der Waals surface area contributed by atoms with Gasteiger partial charge in [0.25, 0.3) is 0 Å². The highest BCUT2D eigenvalue weighted by molar-refractivity contribution is 5.79. The van der Waals surface area contributed by atoms with Crippen molar-refractivity contribution in [2.45, 2.75) is 77.9 Å². The molecule has 3 N–H and O–H groups in total. The van der Waals surface area contributed by atoms with Gasteiger partial charge in [-0.15, -0.1) is 0 Å². The lowest BCUT2D eigenvalue weighted by Crippen LogP contribution is -2.42. The number of fused-ring (bicyclic) bond motifs is 1. The molecule has 0 saturated carbocycles. The fraction of sp³-hybridized carbons (Fsp3) is 0.485. The minimum absolute atomic E-state index is 0.0907. The number of esters is 1. The summed E-state index contributed by atoms with van der Waals surface area (Å²) in [4.78, 5) is 41.0. The molecule has 0 aliphatic carbocycles. The van der Waals surface area contributed by atoms with Gasteiger partial charge in [0, 0.05) is 37.5 Å². The zero-order chi connectivity index (χ0) is 30.7. The third-order valence-electron chi connectivity index (χ3n) is 7.10. The fourth-order valence-electron chi connectivity index (χ4n) is 4.92. The Morgan fingerprint density at radius 1 is 1.05 bits per heavy atom. The van der Waals surface area contributed by atoms with Crippen molar-refractivity contribution in [1.29, 1.82) is 0 Å². The first-order chi connectivity index (χ1) is 20.7. The number of nitrogens with one attached hydrogen (secondary N) is 3. The molecular weight excluding hydrogens is 542 g/mol. The molecule has 230 valence electrons. The van der Waals surface area contributed by atoms with Crippen LogP contribution in [0.3, 0.4) is 0 Å². The molecule has 1 aliphatic rings. The van der Waals surface area contributed by atoms with Crippen molar-refractivity contribution >= 4 is 23.5 Å². The molecule has 3 aromatic rings. The standard InChI is InChI=1S/C33H45N7O3/c1-24(41)36-23-40(21-9-8-14-27-16-15-26-13-10-19-34-30(26)37-27)22-18-28(32(42)43-33(2,3)4)38-29-17-20-35-31(39-29)25-11-6-5-7-12-25/h5-7,11-12,15-17,20,28H,8-10,13-14,18-19,21-23H2,1-4H3,(H,34,37)(H,36,41)(H,35,38,39). The Bertz CT molecular complexity index is 1340. The molecule has 1 aromatic carbocycles. The second kappa shape index (κ2) is 15.4. The maximum absolute atomic E-state index is 13.3. The van der Waals surface area contributed by atoms with Crippen molar-refractivity contribution in [2.75, 3.05) is 36.9 Å². The number of nitrogens with zero attached hydrogens (tertiary/aromatic N) is 4. The Balaban J connectivity index is 1.38. The molecule has 43 heavy (non-hydrogen) atoms. The maximum atomic E-state index is 13.3. The average molecular weight is 588 g/mol. The van der Waals surface area contributed by atoms with E-state index in [1.165, 1.54) is 12.5 Å². The minimum Gasteiger partial charge on any atom is -0.458 e. The van der Waals surface area contributed by atoms with E-state index in [2.05, 4.69) is 43.0 Å². The summed E-state index contributed by atoms with van der Waals surface area (Å²) in [7, 11) is 0. The molecule has 1 unspecified atom stereocenters. The molecule has 1 amide bonds. The summed E-state index contributed by atoms with van der Waals surface area (Å²) in [6, 6.07) is 15.2. The lowest BCUT2D eigenvalue weighted by atomic mass is 10.1. The van der Waals surface area contributed by atoms with Crippen LogP contribution in [-0.4, -0.2) is 69.7 Å². The first-order valence-corrected chi connectivity index (χ1v) is 15.2. The third kappa shape index (κ3) is 10.6. The number of pyridine rings is 1. The van der Waals surface area contributed by atoms with Crippen molar-refractivity contribution in [3.8, 4) is 11.4 Å². The summed E-state index contributed by atoms with van der Waals surface area (Å²) in [5.41, 5.74) is 2.65. The quantitative estimate of drug-likeness (QED) is 0.138. The zero-order valence-corrected chi connectivity index (χ0v) is 25.9. The van der Waals surface area contributed by atoms with Gasteiger partial charge in [-0.3, -0.25) is 9.69 Å². The van der Waals surface area contributed by atoms with Crippen LogP contribution in [0.5, 0.6) is 0 Å². The van der Waals surface area contributed by atoms with E-state index < -0.39 is 11.6 Å². The van der Waals surface area contributed by atoms with E-state index in [4.69, 9.17) is 9.72 Å². The summed E-state index contributed by atoms with van der Waals surface area (Å²) in [6.45, 7) is 9.82. The Morgan fingerprint density at radius 3 is 2.63 bits per heavy atom. The van der Waals surface area contributed by atoms with E-state index >= 15 is 0 Å². The van der Waals surface area contributed by atoms with Gasteiger partial charge in [0.2, 0.25) is 5.91 Å². The summed E-state index contributed by atoms with van der Waals surface area (Å²) >= 11 is 0. The van der Waals surface area contributed by atoms with Crippen molar-refractivity contribution in [1.82, 2.24) is 25.2 Å². The molecule has 0 fully saturated rings. The number of amides is 1. The number of benzene rings is 1. The number of unbranched alkanes of at least 4 members (excludes halogenated alkanes) is 1. The maximum Gasteiger partial charge on any atom is 0.329 e. The molecule has 10 heteroatoms. The Morgan fingerprint density at radius 2 is 1.86 bits per heavy atom. The number of anilines is 2. The number of carbonyl (C=O) groups is 2. The number of ether oxygens (including phenoxy) is 1. The first kappa shape index (κ1) is 31.9. The van der Waals surface area contributed by atoms with Crippen LogP contribution >= 0.6 is 0 Å². The average Bonchev–Trinajstić information content (AvgIpc) is 2.99. The predicted octanol–water partition coefficient (Wildman–Crippen LogP) is 4.83. The Hall–Kier alpha value is -4.05. The molecule has 0 radical (unpaired) electrons. The van der Waals surface area contributed by atoms with E-state index in [1.807, 2.05) is 51.1 Å². The molecule has 2 aromatic heterocycles. The van der Waals surface area contributed by atoms with Gasteiger partial charge < -0.3 is 20.7 Å². The zero-order valence-electron chi connectivity index (χ0n) is 25.9. The van der Waals surface area contributed by atoms with Gasteiger partial charge in [-0.2, -0.15) is 0 Å². The van der Waals surface area contributed by atoms with Gasteiger partial charge in [-0.1, -0.05) is 36.4 Å². The second-order valence-electron chi connectivity index (χ2n) is 12.0. The minimum atomic E-state index is -0.634. The van der Waals surface area contributed by atoms with Gasteiger partial charge in [-0.25, -0.2) is 19.7 Å². The lowest BCUT2D eigenvalue weighted by molar-refractivity contribution is -0.156. The third-order valence-corrected chi connectivity index (χ3v) is 7.10. The largest absolute Gasteiger partial charge is 0.458 e. The van der Waals surface area contributed by atoms with Crippen molar-refractivity contribution in [3.63, 3.8) is 0 Å². The molecule has 1 aliphatic heterocycles. The van der Waals surface area contributed by atoms with E-state index in [0.717, 1.165) is 62.3 Å². The summed E-state index contributed by atoms with van der Waals surface area (Å²) in [5, 5.41) is 9.61. The number of hydrogen-bond acceptors (Lipinski definition) is 9. The number of aromatic nitrogens is 3. The van der Waals surface area contributed by atoms with Crippen LogP contribution < -0.4 is 16.0 Å². The van der Waals surface area contributed by atoms with Crippen molar-refractivity contribution < 1.29 is 14.3 Å². The van der Waals surface area contributed by atoms with Gasteiger partial charge in [0.05, 0.1) is 6.67 Å². The molecular formula is C33H45N7O3. The Kier molecular flexibility index (Phi) is 11.4. The van der Waals surface area contributed by atoms with Gasteiger partial charge in [-0.05, 0) is 83.5 Å². The summed E-state index contributed by atoms with van der Waals surface area (Å²) < 4.78 is 5.76. The number of aryl methyl sites for hydroxylation is 2. The van der Waals surface area contributed by atoms with E-state index in [1.54, 1.807) is 12.3 Å². The van der Waals surface area contributed by atoms with Gasteiger partial charge >= 0.3 is 5.97 Å². The van der Waals surface area contributed by atoms with Crippen molar-refractivity contribution in [2.24, 2.45) is 0 Å². The van der Waals surface area contributed by atoms with Crippen LogP contribution in [0.2, 0.25) is 0 Å². The molecule has 10 nitrogen and oxygen atoms in total. The molecule has 0 saturated heterocycles. The van der Waals surface area contributed by atoms with Crippen LogP contribution in [0.1, 0.15) is 64.6 Å². The van der Waals surface area contributed by atoms with E-state index in [0.29, 0.717) is 31.3 Å². The summed E-state index contributed by atoms with van der Waals surface area (Å²) in [6.07, 6.45) is 7.18. The lowest BCUT2D eigenvalue weighted by Gasteiger charge is -2.28. The van der Waals surface area contributed by atoms with Crippen LogP contribution in [0.15, 0.2) is 54.7 Å². The van der Waals surface area contributed by atoms with Crippen LogP contribution in [0, 0.1) is 0 Å². The van der Waals surface area contributed by atoms with Crippen LogP contribution in [-0.2, 0) is 27.2 Å². The number of carbonyl (C=O) groups excluding carboxylic acids is 2. The molecule has 0 bridgehead atoms. The Labute approximate surface area is 255 Å². The normalized spacial score (nSPS) is 13.5. The highest BCUT2D eigenvalue weighted by Gasteiger charge is 2.26. The molecule has 3 heterocycles. The van der Waals surface area contributed by atoms with E-state index in [9.17, 15) is 9.59 Å². The number of hydrogen-bond donors (Lipinski definition) is 3. The van der Waals surface area contributed by atoms with Gasteiger partial charge in [0.15, 0.2) is 5.82 Å². The van der Waals surface area contributed by atoms with Crippen LogP contribution in [0.25, 0.3) is 11.4 Å². The fourth-order valence-corrected chi connectivity index (χ4v) is 4.92. The first-order valence-electron chi connectivity index (χ1n) is 15.2. The topological polar surface area (TPSA) is 121 Å². The monoisotopic (exact) mass is 587 g/mol. The predicted molar refractivity (Wildman–Crippen MR) is 170 cm³/mol. The van der Waals surface area contributed by atoms with Gasteiger partial charge in [0.1, 0.15) is 23.3 Å². The summed E-state index contributed by atoms with van der Waals surface area (Å²) in [5.74, 6) is 1.71. The number of rotatable bonds is 14. The van der Waals surface area contributed by atoms with Crippen molar-refractivity contribution in [3.05, 3.63) is 66.0 Å². The smallest absolute Gasteiger partial charge is 0.329 e. The van der Waals surface area contributed by atoms with Crippen LogP contribution in [0.4, 0.5) is 11.6 Å².